The van der Waals surface area contributed by atoms with Crippen LogP contribution in [0.4, 0.5) is 5.69 Å². The van der Waals surface area contributed by atoms with E-state index >= 15 is 0 Å². The van der Waals surface area contributed by atoms with E-state index in [9.17, 15) is 5.11 Å². The molecule has 2 aromatic carbocycles. The second kappa shape index (κ2) is 6.48. The zero-order valence-electron chi connectivity index (χ0n) is 13.2. The van der Waals surface area contributed by atoms with Crippen LogP contribution in [0, 0.1) is 0 Å². The maximum absolute atomic E-state index is 9.85. The molecular formula is C19H19N3O. The van der Waals surface area contributed by atoms with Crippen LogP contribution in [-0.4, -0.2) is 16.3 Å². The summed E-state index contributed by atoms with van der Waals surface area (Å²) in [6.45, 7) is 4.34. The number of para-hydroxylation sites is 1. The van der Waals surface area contributed by atoms with Crippen molar-refractivity contribution >= 4 is 22.8 Å². The first-order valence-corrected chi connectivity index (χ1v) is 7.61. The fourth-order valence-electron chi connectivity index (χ4n) is 2.33. The van der Waals surface area contributed by atoms with Crippen molar-refractivity contribution in [2.45, 2.75) is 19.8 Å². The van der Waals surface area contributed by atoms with Crippen molar-refractivity contribution in [3.05, 3.63) is 65.9 Å². The van der Waals surface area contributed by atoms with Gasteiger partial charge in [0.15, 0.2) is 0 Å². The van der Waals surface area contributed by atoms with Gasteiger partial charge >= 0.3 is 0 Å². The first-order chi connectivity index (χ1) is 11.1. The van der Waals surface area contributed by atoms with E-state index in [2.05, 4.69) is 41.5 Å². The number of aromatic nitrogens is 1. The first kappa shape index (κ1) is 15.0. The average molecular weight is 305 g/mol. The van der Waals surface area contributed by atoms with Gasteiger partial charge in [0.25, 0.3) is 0 Å². The van der Waals surface area contributed by atoms with Gasteiger partial charge in [-0.05, 0) is 35.7 Å². The number of fused-ring (bicyclic) bond motifs is 1. The van der Waals surface area contributed by atoms with Crippen LogP contribution in [0.5, 0.6) is 5.75 Å². The van der Waals surface area contributed by atoms with Crippen LogP contribution in [0.1, 0.15) is 31.0 Å². The van der Waals surface area contributed by atoms with E-state index in [1.807, 2.05) is 30.3 Å². The Balaban J connectivity index is 1.74. The van der Waals surface area contributed by atoms with Crippen molar-refractivity contribution < 1.29 is 5.11 Å². The Morgan fingerprint density at radius 1 is 1.04 bits per heavy atom. The maximum Gasteiger partial charge on any atom is 0.141 e. The molecule has 0 amide bonds. The number of phenols is 1. The standard InChI is InChI=1S/C19H19N3O/c1-13(2)14-6-9-16(10-7-14)22-20-12-17-11-8-15-4-3-5-18(23)19(15)21-17/h3-13,22-23H,1-2H3/b20-12+. The van der Waals surface area contributed by atoms with Crippen LogP contribution in [-0.2, 0) is 0 Å². The van der Waals surface area contributed by atoms with E-state index in [0.717, 1.165) is 11.1 Å². The average Bonchev–Trinajstić information content (AvgIpc) is 2.56. The molecule has 2 N–H and O–H groups in total. The molecule has 1 aromatic heterocycles. The molecule has 0 unspecified atom stereocenters. The van der Waals surface area contributed by atoms with Crippen molar-refractivity contribution in [3.8, 4) is 5.75 Å². The summed E-state index contributed by atoms with van der Waals surface area (Å²) >= 11 is 0. The number of rotatable bonds is 4. The highest BCUT2D eigenvalue weighted by atomic mass is 16.3. The highest BCUT2D eigenvalue weighted by Crippen LogP contribution is 2.22. The van der Waals surface area contributed by atoms with Crippen LogP contribution in [0.15, 0.2) is 59.7 Å². The molecule has 4 nitrogen and oxygen atoms in total. The van der Waals surface area contributed by atoms with Crippen molar-refractivity contribution in [1.29, 1.82) is 0 Å². The summed E-state index contributed by atoms with van der Waals surface area (Å²) in [7, 11) is 0. The molecule has 3 rings (SSSR count). The smallest absolute Gasteiger partial charge is 0.141 e. The van der Waals surface area contributed by atoms with Gasteiger partial charge in [0.2, 0.25) is 0 Å². The van der Waals surface area contributed by atoms with Gasteiger partial charge in [-0.25, -0.2) is 4.98 Å². The molecule has 0 saturated heterocycles. The SMILES string of the molecule is CC(C)c1ccc(N/N=C/c2ccc3cccc(O)c3n2)cc1. The fourth-order valence-corrected chi connectivity index (χ4v) is 2.33. The molecule has 0 atom stereocenters. The van der Waals surface area contributed by atoms with Gasteiger partial charge in [-0.3, -0.25) is 5.43 Å². The minimum atomic E-state index is 0.176. The largest absolute Gasteiger partial charge is 0.506 e. The monoisotopic (exact) mass is 305 g/mol. The first-order valence-electron chi connectivity index (χ1n) is 7.61. The maximum atomic E-state index is 9.85. The number of hydrazone groups is 1. The summed E-state index contributed by atoms with van der Waals surface area (Å²) in [5, 5.41) is 15.0. The molecule has 0 spiro atoms. The molecule has 0 bridgehead atoms. The van der Waals surface area contributed by atoms with Crippen molar-refractivity contribution in [2.24, 2.45) is 5.10 Å². The molecular weight excluding hydrogens is 286 g/mol. The number of hydrogen-bond acceptors (Lipinski definition) is 4. The Morgan fingerprint density at radius 3 is 2.57 bits per heavy atom. The third-order valence-electron chi connectivity index (χ3n) is 3.69. The second-order valence-corrected chi connectivity index (χ2v) is 5.73. The number of pyridine rings is 1. The van der Waals surface area contributed by atoms with Crippen LogP contribution in [0.25, 0.3) is 10.9 Å². The Kier molecular flexibility index (Phi) is 4.24. The Labute approximate surface area is 135 Å². The molecule has 0 aliphatic carbocycles. The van der Waals surface area contributed by atoms with Gasteiger partial charge < -0.3 is 5.11 Å². The molecule has 1 heterocycles. The van der Waals surface area contributed by atoms with Crippen molar-refractivity contribution in [3.63, 3.8) is 0 Å². The molecule has 116 valence electrons. The van der Waals surface area contributed by atoms with E-state index in [4.69, 9.17) is 0 Å². The van der Waals surface area contributed by atoms with E-state index in [1.54, 1.807) is 18.3 Å². The van der Waals surface area contributed by atoms with Gasteiger partial charge in [-0.2, -0.15) is 5.10 Å². The third-order valence-corrected chi connectivity index (χ3v) is 3.69. The number of benzene rings is 2. The summed E-state index contributed by atoms with van der Waals surface area (Å²) in [5.74, 6) is 0.692. The highest BCUT2D eigenvalue weighted by Gasteiger charge is 2.01. The highest BCUT2D eigenvalue weighted by molar-refractivity contribution is 5.88. The number of nitrogens with zero attached hydrogens (tertiary/aromatic N) is 2. The topological polar surface area (TPSA) is 57.5 Å². The van der Waals surface area contributed by atoms with E-state index in [1.165, 1.54) is 5.56 Å². The number of anilines is 1. The quantitative estimate of drug-likeness (QED) is 0.551. The van der Waals surface area contributed by atoms with Gasteiger partial charge in [-0.15, -0.1) is 0 Å². The summed E-state index contributed by atoms with van der Waals surface area (Å²) in [5.41, 5.74) is 6.48. The Hall–Kier alpha value is -2.88. The van der Waals surface area contributed by atoms with Gasteiger partial charge in [0.1, 0.15) is 11.3 Å². The fraction of sp³-hybridized carbons (Fsp3) is 0.158. The molecule has 0 aliphatic rings. The lowest BCUT2D eigenvalue weighted by Crippen LogP contribution is -1.94. The number of aromatic hydroxyl groups is 1. The molecule has 4 heteroatoms. The Bertz CT molecular complexity index is 839. The summed E-state index contributed by atoms with van der Waals surface area (Å²) in [6, 6.07) is 17.3. The van der Waals surface area contributed by atoms with Crippen LogP contribution in [0.3, 0.4) is 0 Å². The Morgan fingerprint density at radius 2 is 1.83 bits per heavy atom. The van der Waals surface area contributed by atoms with Gasteiger partial charge in [0, 0.05) is 5.39 Å². The predicted octanol–water partition coefficient (Wildman–Crippen LogP) is 4.51. The number of phenolic OH excluding ortho intramolecular Hbond substituents is 1. The second-order valence-electron chi connectivity index (χ2n) is 5.73. The van der Waals surface area contributed by atoms with Crippen LogP contribution in [0.2, 0.25) is 0 Å². The predicted molar refractivity (Wildman–Crippen MR) is 95.2 cm³/mol. The number of nitrogens with one attached hydrogen (secondary N) is 1. The summed E-state index contributed by atoms with van der Waals surface area (Å²) < 4.78 is 0. The van der Waals surface area contributed by atoms with Crippen molar-refractivity contribution in [2.75, 3.05) is 5.43 Å². The molecule has 0 aliphatic heterocycles. The lowest BCUT2D eigenvalue weighted by molar-refractivity contribution is 0.480. The van der Waals surface area contributed by atoms with E-state index in [-0.39, 0.29) is 5.75 Å². The van der Waals surface area contributed by atoms with Gasteiger partial charge in [-0.1, -0.05) is 44.2 Å². The van der Waals surface area contributed by atoms with E-state index < -0.39 is 0 Å². The van der Waals surface area contributed by atoms with E-state index in [0.29, 0.717) is 17.1 Å². The summed E-state index contributed by atoms with van der Waals surface area (Å²) in [6.07, 6.45) is 1.64. The normalized spacial score (nSPS) is 11.4. The minimum absolute atomic E-state index is 0.176. The van der Waals surface area contributed by atoms with Crippen molar-refractivity contribution in [1.82, 2.24) is 4.98 Å². The molecule has 0 fully saturated rings. The zero-order chi connectivity index (χ0) is 16.2. The number of hydrogen-bond donors (Lipinski definition) is 2. The van der Waals surface area contributed by atoms with Gasteiger partial charge in [0.05, 0.1) is 17.6 Å². The molecule has 0 saturated carbocycles. The molecule has 23 heavy (non-hydrogen) atoms. The zero-order valence-corrected chi connectivity index (χ0v) is 13.2. The minimum Gasteiger partial charge on any atom is -0.506 e. The summed E-state index contributed by atoms with van der Waals surface area (Å²) in [4.78, 5) is 4.40. The lowest BCUT2D eigenvalue weighted by Gasteiger charge is -2.06. The third kappa shape index (κ3) is 3.48. The molecule has 0 radical (unpaired) electrons. The lowest BCUT2D eigenvalue weighted by atomic mass is 10.0. The molecule has 3 aromatic rings. The van der Waals surface area contributed by atoms with Crippen LogP contribution < -0.4 is 5.43 Å². The van der Waals surface area contributed by atoms with Crippen LogP contribution >= 0.6 is 0 Å².